The molecule has 0 radical (unpaired) electrons. The van der Waals surface area contributed by atoms with E-state index in [4.69, 9.17) is 9.97 Å². The first kappa shape index (κ1) is 17.7. The normalized spacial score (nSPS) is 17.9. The Morgan fingerprint density at radius 3 is 2.96 bits per heavy atom. The van der Waals surface area contributed by atoms with Gasteiger partial charge >= 0.3 is 0 Å². The Morgan fingerprint density at radius 1 is 1.22 bits per heavy atom. The highest BCUT2D eigenvalue weighted by atomic mass is 15.3. The molecule has 142 valence electrons. The Hall–Kier alpha value is -2.67. The molecule has 7 nitrogen and oxygen atoms in total. The van der Waals surface area contributed by atoms with Crippen LogP contribution in [0.5, 0.6) is 0 Å². The molecule has 1 fully saturated rings. The largest absolute Gasteiger partial charge is 0.340 e. The summed E-state index contributed by atoms with van der Waals surface area (Å²) >= 11 is 0. The van der Waals surface area contributed by atoms with Crippen LogP contribution in [-0.4, -0.2) is 45.8 Å². The van der Waals surface area contributed by atoms with Crippen molar-refractivity contribution in [3.63, 3.8) is 0 Å². The molecule has 1 aromatic carbocycles. The Bertz CT molecular complexity index is 933. The van der Waals surface area contributed by atoms with Gasteiger partial charge in [0.25, 0.3) is 0 Å². The first-order valence-corrected chi connectivity index (χ1v) is 9.67. The molecule has 1 atom stereocenters. The molecule has 27 heavy (non-hydrogen) atoms. The van der Waals surface area contributed by atoms with Crippen molar-refractivity contribution >= 4 is 28.4 Å². The van der Waals surface area contributed by atoms with E-state index in [1.165, 1.54) is 0 Å². The minimum Gasteiger partial charge on any atom is -0.340 e. The van der Waals surface area contributed by atoms with Gasteiger partial charge in [-0.2, -0.15) is 10.1 Å². The van der Waals surface area contributed by atoms with Gasteiger partial charge in [0, 0.05) is 48.0 Å². The molecule has 1 unspecified atom stereocenters. The lowest BCUT2D eigenvalue weighted by atomic mass is 10.1. The van der Waals surface area contributed by atoms with E-state index < -0.39 is 0 Å². The summed E-state index contributed by atoms with van der Waals surface area (Å²) in [5.74, 6) is 1.67. The monoisotopic (exact) mass is 365 g/mol. The highest BCUT2D eigenvalue weighted by Crippen LogP contribution is 2.25. The van der Waals surface area contributed by atoms with Crippen LogP contribution in [0.2, 0.25) is 0 Å². The second kappa shape index (κ2) is 7.52. The fourth-order valence-corrected chi connectivity index (χ4v) is 3.51. The van der Waals surface area contributed by atoms with E-state index in [-0.39, 0.29) is 0 Å². The number of nitrogens with one attached hydrogen (secondary N) is 3. The highest BCUT2D eigenvalue weighted by Gasteiger charge is 2.19. The van der Waals surface area contributed by atoms with E-state index in [0.717, 1.165) is 72.1 Å². The fourth-order valence-electron chi connectivity index (χ4n) is 3.51. The van der Waals surface area contributed by atoms with Gasteiger partial charge < -0.3 is 15.5 Å². The number of rotatable bonds is 4. The number of aryl methyl sites for hydroxylation is 1. The zero-order valence-electron chi connectivity index (χ0n) is 16.2. The minimum atomic E-state index is 0.584. The molecule has 1 saturated heterocycles. The number of H-pyrrole nitrogens is 1. The average Bonchev–Trinajstić information content (AvgIpc) is 3.00. The Labute approximate surface area is 159 Å². The predicted octanol–water partition coefficient (Wildman–Crippen LogP) is 3.29. The summed E-state index contributed by atoms with van der Waals surface area (Å²) in [6, 6.07) is 6.73. The fraction of sp³-hybridized carbons (Fsp3) is 0.450. The molecular formula is C20H27N7. The third kappa shape index (κ3) is 3.73. The van der Waals surface area contributed by atoms with Crippen molar-refractivity contribution in [1.82, 2.24) is 25.5 Å². The van der Waals surface area contributed by atoms with Gasteiger partial charge in [0.05, 0.1) is 11.7 Å². The standard InChI is InChI=1S/C20H27N7/c1-4-16-7-9-27(10-8-21-16)20-23-14(3)13(2)19(25-20)24-17-5-6-18-15(11-17)12-22-26-18/h5-6,11-12,16,21H,4,7-10H2,1-3H3,(H,22,26)(H,23,24,25). The molecular weight excluding hydrogens is 338 g/mol. The first-order valence-electron chi connectivity index (χ1n) is 9.67. The number of nitrogens with zero attached hydrogens (tertiary/aromatic N) is 4. The zero-order valence-corrected chi connectivity index (χ0v) is 16.2. The van der Waals surface area contributed by atoms with Crippen LogP contribution >= 0.6 is 0 Å². The van der Waals surface area contributed by atoms with Crippen molar-refractivity contribution in [3.05, 3.63) is 35.7 Å². The molecule has 7 heteroatoms. The van der Waals surface area contributed by atoms with E-state index in [1.807, 2.05) is 18.3 Å². The molecule has 1 aliphatic heterocycles. The summed E-state index contributed by atoms with van der Waals surface area (Å²) in [5.41, 5.74) is 4.11. The summed E-state index contributed by atoms with van der Waals surface area (Å²) in [4.78, 5) is 11.9. The van der Waals surface area contributed by atoms with Crippen molar-refractivity contribution in [2.45, 2.75) is 39.7 Å². The number of hydrogen-bond acceptors (Lipinski definition) is 6. The third-order valence-electron chi connectivity index (χ3n) is 5.42. The van der Waals surface area contributed by atoms with Gasteiger partial charge in [-0.15, -0.1) is 0 Å². The van der Waals surface area contributed by atoms with Gasteiger partial charge in [-0.05, 0) is 44.9 Å². The van der Waals surface area contributed by atoms with Crippen LogP contribution in [-0.2, 0) is 0 Å². The van der Waals surface area contributed by atoms with Crippen LogP contribution < -0.4 is 15.5 Å². The van der Waals surface area contributed by atoms with Crippen LogP contribution in [0, 0.1) is 13.8 Å². The van der Waals surface area contributed by atoms with Gasteiger partial charge in [0.1, 0.15) is 5.82 Å². The summed E-state index contributed by atoms with van der Waals surface area (Å²) in [7, 11) is 0. The maximum Gasteiger partial charge on any atom is 0.227 e. The quantitative estimate of drug-likeness (QED) is 0.658. The van der Waals surface area contributed by atoms with Crippen LogP contribution in [0.25, 0.3) is 10.9 Å². The SMILES string of the molecule is CCC1CCN(c2nc(C)c(C)c(Nc3ccc4[nH]ncc4c3)n2)CCN1. The van der Waals surface area contributed by atoms with Crippen molar-refractivity contribution in [3.8, 4) is 0 Å². The van der Waals surface area contributed by atoms with E-state index in [0.29, 0.717) is 6.04 Å². The minimum absolute atomic E-state index is 0.584. The molecule has 0 amide bonds. The number of aromatic amines is 1. The molecule has 3 N–H and O–H groups in total. The Kier molecular flexibility index (Phi) is 4.94. The van der Waals surface area contributed by atoms with Gasteiger partial charge in [0.15, 0.2) is 0 Å². The number of benzene rings is 1. The second-order valence-corrected chi connectivity index (χ2v) is 7.21. The molecule has 0 aliphatic carbocycles. The summed E-state index contributed by atoms with van der Waals surface area (Å²) < 4.78 is 0. The van der Waals surface area contributed by atoms with Crippen molar-refractivity contribution in [2.75, 3.05) is 29.9 Å². The van der Waals surface area contributed by atoms with Crippen LogP contribution in [0.3, 0.4) is 0 Å². The number of anilines is 3. The summed E-state index contributed by atoms with van der Waals surface area (Å²) in [6.07, 6.45) is 4.11. The number of hydrogen-bond donors (Lipinski definition) is 3. The van der Waals surface area contributed by atoms with Gasteiger partial charge in [0.2, 0.25) is 5.95 Å². The Morgan fingerprint density at radius 2 is 2.11 bits per heavy atom. The summed E-state index contributed by atoms with van der Waals surface area (Å²) in [6.45, 7) is 9.23. The van der Waals surface area contributed by atoms with Crippen molar-refractivity contribution < 1.29 is 0 Å². The molecule has 4 rings (SSSR count). The van der Waals surface area contributed by atoms with Crippen LogP contribution in [0.1, 0.15) is 31.0 Å². The highest BCUT2D eigenvalue weighted by molar-refractivity contribution is 5.82. The van der Waals surface area contributed by atoms with Crippen molar-refractivity contribution in [2.24, 2.45) is 0 Å². The van der Waals surface area contributed by atoms with Crippen LogP contribution in [0.15, 0.2) is 24.4 Å². The molecule has 0 spiro atoms. The van der Waals surface area contributed by atoms with Gasteiger partial charge in [-0.25, -0.2) is 4.98 Å². The van der Waals surface area contributed by atoms with E-state index >= 15 is 0 Å². The van der Waals surface area contributed by atoms with Gasteiger partial charge in [-0.1, -0.05) is 6.92 Å². The zero-order chi connectivity index (χ0) is 18.8. The van der Waals surface area contributed by atoms with Gasteiger partial charge in [-0.3, -0.25) is 5.10 Å². The maximum atomic E-state index is 4.86. The van der Waals surface area contributed by atoms with E-state index in [2.05, 4.69) is 52.6 Å². The smallest absolute Gasteiger partial charge is 0.227 e. The van der Waals surface area contributed by atoms with E-state index in [9.17, 15) is 0 Å². The number of fused-ring (bicyclic) bond motifs is 1. The maximum absolute atomic E-state index is 4.86. The molecule has 0 bridgehead atoms. The lowest BCUT2D eigenvalue weighted by molar-refractivity contribution is 0.509. The average molecular weight is 365 g/mol. The third-order valence-corrected chi connectivity index (χ3v) is 5.42. The lowest BCUT2D eigenvalue weighted by Crippen LogP contribution is -2.31. The second-order valence-electron chi connectivity index (χ2n) is 7.21. The summed E-state index contributed by atoms with van der Waals surface area (Å²) in [5, 5.41) is 15.2. The molecule has 3 aromatic rings. The topological polar surface area (TPSA) is 81.8 Å². The molecule has 0 saturated carbocycles. The van der Waals surface area contributed by atoms with Crippen LogP contribution in [0.4, 0.5) is 17.5 Å². The molecule has 3 heterocycles. The van der Waals surface area contributed by atoms with Crippen molar-refractivity contribution in [1.29, 1.82) is 0 Å². The Balaban J connectivity index is 1.60. The molecule has 2 aromatic heterocycles. The number of aromatic nitrogens is 4. The van der Waals surface area contributed by atoms with E-state index in [1.54, 1.807) is 0 Å². The lowest BCUT2D eigenvalue weighted by Gasteiger charge is -2.22. The molecule has 1 aliphatic rings. The predicted molar refractivity (Wildman–Crippen MR) is 110 cm³/mol. The first-order chi connectivity index (χ1) is 13.1.